The second-order valence-electron chi connectivity index (χ2n) is 4.54. The summed E-state index contributed by atoms with van der Waals surface area (Å²) in [5.74, 6) is 1.01. The Balaban J connectivity index is 1.75. The number of hydrogen-bond acceptors (Lipinski definition) is 3. The van der Waals surface area contributed by atoms with Gasteiger partial charge in [0.1, 0.15) is 5.75 Å². The monoisotopic (exact) mass is 248 g/mol. The van der Waals surface area contributed by atoms with Gasteiger partial charge in [0.25, 0.3) is 0 Å². The summed E-state index contributed by atoms with van der Waals surface area (Å²) in [6.45, 7) is 1.64. The highest BCUT2D eigenvalue weighted by atomic mass is 16.5. The lowest BCUT2D eigenvalue weighted by atomic mass is 10.1. The summed E-state index contributed by atoms with van der Waals surface area (Å²) in [4.78, 5) is 11.5. The molecule has 1 unspecified atom stereocenters. The second kappa shape index (κ2) is 6.40. The molecule has 0 bridgehead atoms. The van der Waals surface area contributed by atoms with E-state index in [9.17, 15) is 4.79 Å². The summed E-state index contributed by atoms with van der Waals surface area (Å²) in [5.41, 5.74) is 1.25. The van der Waals surface area contributed by atoms with Crippen molar-refractivity contribution in [3.63, 3.8) is 0 Å². The zero-order chi connectivity index (χ0) is 12.8. The van der Waals surface area contributed by atoms with E-state index < -0.39 is 0 Å². The quantitative estimate of drug-likeness (QED) is 0.820. The van der Waals surface area contributed by atoms with Gasteiger partial charge in [-0.1, -0.05) is 12.1 Å². The van der Waals surface area contributed by atoms with Crippen LogP contribution in [0.3, 0.4) is 0 Å². The molecule has 2 rings (SSSR count). The van der Waals surface area contributed by atoms with Crippen LogP contribution in [0.1, 0.15) is 18.4 Å². The van der Waals surface area contributed by atoms with Crippen molar-refractivity contribution in [3.8, 4) is 5.75 Å². The highest BCUT2D eigenvalue weighted by Crippen LogP contribution is 2.11. The molecule has 1 aliphatic rings. The SMILES string of the molecule is COc1ccc(CCNC2CCCNC2=O)cc1. The molecule has 1 amide bonds. The number of methoxy groups -OCH3 is 1. The normalized spacial score (nSPS) is 19.4. The Hall–Kier alpha value is -1.55. The van der Waals surface area contributed by atoms with Crippen molar-refractivity contribution in [1.29, 1.82) is 0 Å². The predicted octanol–water partition coefficient (Wildman–Crippen LogP) is 1.11. The molecule has 1 aliphatic heterocycles. The van der Waals surface area contributed by atoms with Crippen molar-refractivity contribution in [2.75, 3.05) is 20.2 Å². The van der Waals surface area contributed by atoms with Crippen LogP contribution >= 0.6 is 0 Å². The Morgan fingerprint density at radius 3 is 2.83 bits per heavy atom. The molecule has 1 atom stereocenters. The van der Waals surface area contributed by atoms with Gasteiger partial charge in [0.15, 0.2) is 0 Å². The Bertz CT molecular complexity index is 389. The summed E-state index contributed by atoms with van der Waals surface area (Å²) in [5, 5.41) is 6.18. The Morgan fingerprint density at radius 1 is 1.39 bits per heavy atom. The topological polar surface area (TPSA) is 50.4 Å². The number of ether oxygens (including phenoxy) is 1. The van der Waals surface area contributed by atoms with E-state index in [1.807, 2.05) is 12.1 Å². The first-order chi connectivity index (χ1) is 8.79. The maximum absolute atomic E-state index is 11.5. The van der Waals surface area contributed by atoms with Crippen molar-refractivity contribution in [2.45, 2.75) is 25.3 Å². The van der Waals surface area contributed by atoms with Crippen LogP contribution in [-0.2, 0) is 11.2 Å². The van der Waals surface area contributed by atoms with Gasteiger partial charge in [0, 0.05) is 6.54 Å². The molecule has 0 aromatic heterocycles. The van der Waals surface area contributed by atoms with Crippen molar-refractivity contribution in [3.05, 3.63) is 29.8 Å². The molecule has 0 aliphatic carbocycles. The summed E-state index contributed by atoms with van der Waals surface area (Å²) < 4.78 is 5.11. The van der Waals surface area contributed by atoms with Crippen molar-refractivity contribution >= 4 is 5.91 Å². The van der Waals surface area contributed by atoms with Gasteiger partial charge in [0.05, 0.1) is 13.2 Å². The molecule has 1 fully saturated rings. The molecule has 0 radical (unpaired) electrons. The first-order valence-electron chi connectivity index (χ1n) is 6.43. The summed E-state index contributed by atoms with van der Waals surface area (Å²) in [7, 11) is 1.66. The van der Waals surface area contributed by atoms with Crippen LogP contribution < -0.4 is 15.4 Å². The van der Waals surface area contributed by atoms with Gasteiger partial charge in [0.2, 0.25) is 5.91 Å². The molecule has 0 saturated carbocycles. The van der Waals surface area contributed by atoms with Crippen molar-refractivity contribution in [1.82, 2.24) is 10.6 Å². The van der Waals surface area contributed by atoms with Crippen LogP contribution in [-0.4, -0.2) is 32.1 Å². The zero-order valence-electron chi connectivity index (χ0n) is 10.7. The van der Waals surface area contributed by atoms with Crippen LogP contribution in [0.4, 0.5) is 0 Å². The largest absolute Gasteiger partial charge is 0.497 e. The average molecular weight is 248 g/mol. The molecular formula is C14H20N2O2. The Kier molecular flexibility index (Phi) is 4.59. The maximum Gasteiger partial charge on any atom is 0.237 e. The molecule has 18 heavy (non-hydrogen) atoms. The minimum Gasteiger partial charge on any atom is -0.497 e. The number of hydrogen-bond donors (Lipinski definition) is 2. The van der Waals surface area contributed by atoms with Gasteiger partial charge >= 0.3 is 0 Å². The second-order valence-corrected chi connectivity index (χ2v) is 4.54. The molecule has 98 valence electrons. The van der Waals surface area contributed by atoms with Gasteiger partial charge in [-0.25, -0.2) is 0 Å². The molecule has 1 aromatic rings. The molecule has 1 saturated heterocycles. The number of rotatable bonds is 5. The fourth-order valence-electron chi connectivity index (χ4n) is 2.15. The number of piperidine rings is 1. The van der Waals surface area contributed by atoms with E-state index in [0.29, 0.717) is 0 Å². The predicted molar refractivity (Wildman–Crippen MR) is 70.7 cm³/mol. The number of benzene rings is 1. The Labute approximate surface area is 108 Å². The third-order valence-corrected chi connectivity index (χ3v) is 3.25. The van der Waals surface area contributed by atoms with Crippen LogP contribution in [0.25, 0.3) is 0 Å². The van der Waals surface area contributed by atoms with Gasteiger partial charge < -0.3 is 15.4 Å². The lowest BCUT2D eigenvalue weighted by Gasteiger charge is -2.22. The third kappa shape index (κ3) is 3.47. The number of carbonyl (C=O) groups is 1. The maximum atomic E-state index is 11.5. The first-order valence-corrected chi connectivity index (χ1v) is 6.43. The molecule has 4 nitrogen and oxygen atoms in total. The fourth-order valence-corrected chi connectivity index (χ4v) is 2.15. The Morgan fingerprint density at radius 2 is 2.17 bits per heavy atom. The molecule has 1 heterocycles. The van der Waals surface area contributed by atoms with Crippen LogP contribution in [0, 0.1) is 0 Å². The summed E-state index contributed by atoms with van der Waals surface area (Å²) in [6, 6.07) is 8.02. The molecule has 0 spiro atoms. The van der Waals surface area contributed by atoms with Crippen molar-refractivity contribution < 1.29 is 9.53 Å². The van der Waals surface area contributed by atoms with E-state index in [1.165, 1.54) is 5.56 Å². The van der Waals surface area contributed by atoms with E-state index in [-0.39, 0.29) is 11.9 Å². The zero-order valence-corrected chi connectivity index (χ0v) is 10.7. The van der Waals surface area contributed by atoms with Gasteiger partial charge in [-0.2, -0.15) is 0 Å². The lowest BCUT2D eigenvalue weighted by Crippen LogP contribution is -2.48. The van der Waals surface area contributed by atoms with E-state index in [0.717, 1.165) is 38.1 Å². The molecule has 2 N–H and O–H groups in total. The number of nitrogens with one attached hydrogen (secondary N) is 2. The van der Waals surface area contributed by atoms with E-state index in [2.05, 4.69) is 22.8 Å². The van der Waals surface area contributed by atoms with Gasteiger partial charge in [-0.3, -0.25) is 4.79 Å². The van der Waals surface area contributed by atoms with Gasteiger partial charge in [-0.15, -0.1) is 0 Å². The van der Waals surface area contributed by atoms with E-state index in [1.54, 1.807) is 7.11 Å². The standard InChI is InChI=1S/C14H20N2O2/c1-18-12-6-4-11(5-7-12)8-10-15-13-3-2-9-16-14(13)17/h4-7,13,15H,2-3,8-10H2,1H3,(H,16,17). The van der Waals surface area contributed by atoms with Crippen LogP contribution in [0.15, 0.2) is 24.3 Å². The van der Waals surface area contributed by atoms with Crippen LogP contribution in [0.5, 0.6) is 5.75 Å². The molecule has 4 heteroatoms. The summed E-state index contributed by atoms with van der Waals surface area (Å²) in [6.07, 6.45) is 2.92. The molecular weight excluding hydrogens is 228 g/mol. The van der Waals surface area contributed by atoms with E-state index in [4.69, 9.17) is 4.74 Å². The highest BCUT2D eigenvalue weighted by Gasteiger charge is 2.20. The smallest absolute Gasteiger partial charge is 0.237 e. The van der Waals surface area contributed by atoms with Crippen LogP contribution in [0.2, 0.25) is 0 Å². The lowest BCUT2D eigenvalue weighted by molar-refractivity contribution is -0.124. The number of carbonyl (C=O) groups excluding carboxylic acids is 1. The first kappa shape index (κ1) is 12.9. The fraction of sp³-hybridized carbons (Fsp3) is 0.500. The summed E-state index contributed by atoms with van der Waals surface area (Å²) >= 11 is 0. The highest BCUT2D eigenvalue weighted by molar-refractivity contribution is 5.82. The third-order valence-electron chi connectivity index (χ3n) is 3.25. The minimum atomic E-state index is -0.0167. The number of amides is 1. The average Bonchev–Trinajstić information content (AvgIpc) is 2.42. The molecule has 1 aromatic carbocycles. The van der Waals surface area contributed by atoms with Gasteiger partial charge in [-0.05, 0) is 43.5 Å². The van der Waals surface area contributed by atoms with E-state index >= 15 is 0 Å². The van der Waals surface area contributed by atoms with Crippen molar-refractivity contribution in [2.24, 2.45) is 0 Å². The minimum absolute atomic E-state index is 0.0167.